The monoisotopic (exact) mass is 248 g/mol. The van der Waals surface area contributed by atoms with Crippen LogP contribution >= 0.6 is 11.6 Å². The third kappa shape index (κ3) is 3.21. The first-order valence-electron chi connectivity index (χ1n) is 5.64. The Hall–Kier alpha value is -1.54. The van der Waals surface area contributed by atoms with E-state index < -0.39 is 0 Å². The van der Waals surface area contributed by atoms with Crippen LogP contribution in [0.1, 0.15) is 19.4 Å². The van der Waals surface area contributed by atoms with Crippen LogP contribution in [0.2, 0.25) is 5.02 Å². The molecule has 0 unspecified atom stereocenters. The van der Waals surface area contributed by atoms with Gasteiger partial charge in [0, 0.05) is 29.2 Å². The summed E-state index contributed by atoms with van der Waals surface area (Å²) in [4.78, 5) is 4.10. The third-order valence-corrected chi connectivity index (χ3v) is 2.64. The molecule has 0 fully saturated rings. The molecule has 2 rings (SSSR count). The fourth-order valence-corrected chi connectivity index (χ4v) is 1.79. The molecule has 0 atom stereocenters. The summed E-state index contributed by atoms with van der Waals surface area (Å²) < 4.78 is 0. The number of hydrogen-bond acceptors (Lipinski definition) is 2. The first-order chi connectivity index (χ1) is 8.18. The Labute approximate surface area is 107 Å². The summed E-state index contributed by atoms with van der Waals surface area (Å²) in [6.07, 6.45) is 3.58. The number of nitrogen functional groups attached to an aromatic ring is 1. The van der Waals surface area contributed by atoms with E-state index in [4.69, 9.17) is 17.3 Å². The van der Waals surface area contributed by atoms with Gasteiger partial charge in [-0.2, -0.15) is 0 Å². The summed E-state index contributed by atoms with van der Waals surface area (Å²) in [6, 6.07) is 7.47. The lowest BCUT2D eigenvalue weighted by Crippen LogP contribution is -1.88. The lowest BCUT2D eigenvalue weighted by molar-refractivity contribution is 1.29. The molecule has 0 aliphatic carbocycles. The van der Waals surface area contributed by atoms with Crippen molar-refractivity contribution in [1.29, 1.82) is 0 Å². The average Bonchev–Trinajstić information content (AvgIpc) is 2.33. The van der Waals surface area contributed by atoms with Crippen LogP contribution in [0.15, 0.2) is 36.7 Å². The van der Waals surface area contributed by atoms with Gasteiger partial charge in [0.1, 0.15) is 0 Å². The van der Waals surface area contributed by atoms with Crippen LogP contribution in [-0.4, -0.2) is 4.98 Å². The standard InChI is InChI=1S/C12H11ClN2.C2H6/c1-8-4-5-15-7-11(8)10-3-2-9(14)6-12(10)13;1-2/h2-7H,14H2,1H3;1-2H3. The van der Waals surface area contributed by atoms with Crippen LogP contribution in [0.5, 0.6) is 0 Å². The van der Waals surface area contributed by atoms with Crippen LogP contribution < -0.4 is 5.73 Å². The Balaban J connectivity index is 0.000000686. The Morgan fingerprint density at radius 2 is 1.82 bits per heavy atom. The van der Waals surface area contributed by atoms with Crippen LogP contribution in [0.4, 0.5) is 5.69 Å². The number of pyridine rings is 1. The van der Waals surface area contributed by atoms with E-state index in [2.05, 4.69) is 4.98 Å². The van der Waals surface area contributed by atoms with E-state index in [-0.39, 0.29) is 0 Å². The molecule has 1 aromatic heterocycles. The van der Waals surface area contributed by atoms with Crippen LogP contribution in [0, 0.1) is 6.92 Å². The highest BCUT2D eigenvalue weighted by Crippen LogP contribution is 2.30. The molecule has 3 heteroatoms. The van der Waals surface area contributed by atoms with E-state index in [0.717, 1.165) is 16.7 Å². The Morgan fingerprint density at radius 1 is 1.12 bits per heavy atom. The van der Waals surface area contributed by atoms with Crippen molar-refractivity contribution in [2.45, 2.75) is 20.8 Å². The fraction of sp³-hybridized carbons (Fsp3) is 0.214. The van der Waals surface area contributed by atoms with Gasteiger partial charge in [-0.05, 0) is 30.7 Å². The molecule has 90 valence electrons. The quantitative estimate of drug-likeness (QED) is 0.764. The molecule has 2 aromatic rings. The number of rotatable bonds is 1. The Morgan fingerprint density at radius 3 is 2.41 bits per heavy atom. The second-order valence-electron chi connectivity index (χ2n) is 3.43. The highest BCUT2D eigenvalue weighted by Gasteiger charge is 2.06. The van der Waals surface area contributed by atoms with Gasteiger partial charge in [0.25, 0.3) is 0 Å². The van der Waals surface area contributed by atoms with E-state index in [1.165, 1.54) is 0 Å². The lowest BCUT2D eigenvalue weighted by atomic mass is 10.0. The normalized spacial score (nSPS) is 9.41. The van der Waals surface area contributed by atoms with Gasteiger partial charge in [-0.3, -0.25) is 4.98 Å². The highest BCUT2D eigenvalue weighted by molar-refractivity contribution is 6.33. The van der Waals surface area contributed by atoms with E-state index in [1.807, 2.05) is 45.2 Å². The number of hydrogen-bond donors (Lipinski definition) is 1. The molecule has 2 nitrogen and oxygen atoms in total. The topological polar surface area (TPSA) is 38.9 Å². The van der Waals surface area contributed by atoms with E-state index >= 15 is 0 Å². The van der Waals surface area contributed by atoms with Crippen molar-refractivity contribution in [2.75, 3.05) is 5.73 Å². The van der Waals surface area contributed by atoms with Gasteiger partial charge >= 0.3 is 0 Å². The lowest BCUT2D eigenvalue weighted by Gasteiger charge is -2.07. The minimum absolute atomic E-state index is 0.658. The summed E-state index contributed by atoms with van der Waals surface area (Å²) in [5.74, 6) is 0. The molecule has 1 aromatic carbocycles. The zero-order valence-electron chi connectivity index (χ0n) is 10.4. The summed E-state index contributed by atoms with van der Waals surface area (Å²) in [5.41, 5.74) is 9.48. The summed E-state index contributed by atoms with van der Waals surface area (Å²) in [5, 5.41) is 0.658. The van der Waals surface area contributed by atoms with E-state index in [9.17, 15) is 0 Å². The number of anilines is 1. The van der Waals surface area contributed by atoms with Crippen molar-refractivity contribution in [2.24, 2.45) is 0 Å². The molecule has 0 spiro atoms. The number of benzene rings is 1. The summed E-state index contributed by atoms with van der Waals surface area (Å²) in [6.45, 7) is 6.03. The highest BCUT2D eigenvalue weighted by atomic mass is 35.5. The SMILES string of the molecule is CC.Cc1ccncc1-c1ccc(N)cc1Cl. The molecule has 0 aliphatic rings. The average molecular weight is 249 g/mol. The first-order valence-corrected chi connectivity index (χ1v) is 6.02. The molecule has 17 heavy (non-hydrogen) atoms. The molecule has 0 bridgehead atoms. The van der Waals surface area contributed by atoms with Crippen LogP contribution in [0.25, 0.3) is 11.1 Å². The maximum Gasteiger partial charge on any atom is 0.0505 e. The van der Waals surface area contributed by atoms with Crippen molar-refractivity contribution in [3.63, 3.8) is 0 Å². The zero-order valence-corrected chi connectivity index (χ0v) is 11.1. The first kappa shape index (κ1) is 13.5. The predicted octanol–water partition coefficient (Wildman–Crippen LogP) is 4.32. The van der Waals surface area contributed by atoms with Crippen molar-refractivity contribution in [3.05, 3.63) is 47.2 Å². The third-order valence-electron chi connectivity index (χ3n) is 2.32. The predicted molar refractivity (Wildman–Crippen MR) is 75.2 cm³/mol. The van der Waals surface area contributed by atoms with Crippen molar-refractivity contribution in [1.82, 2.24) is 4.98 Å². The number of nitrogens with two attached hydrogens (primary N) is 1. The van der Waals surface area contributed by atoms with Gasteiger partial charge in [-0.25, -0.2) is 0 Å². The molecule has 0 amide bonds. The second kappa shape index (κ2) is 6.26. The minimum atomic E-state index is 0.658. The van der Waals surface area contributed by atoms with Gasteiger partial charge in [0.2, 0.25) is 0 Å². The fourth-order valence-electron chi connectivity index (χ4n) is 1.50. The van der Waals surface area contributed by atoms with Gasteiger partial charge in [0.15, 0.2) is 0 Å². The van der Waals surface area contributed by atoms with Crippen molar-refractivity contribution < 1.29 is 0 Å². The molecule has 0 saturated heterocycles. The molecule has 0 aliphatic heterocycles. The van der Waals surface area contributed by atoms with Crippen LogP contribution in [0.3, 0.4) is 0 Å². The Bertz CT molecular complexity index is 495. The molecule has 0 saturated carbocycles. The molecular weight excluding hydrogens is 232 g/mol. The smallest absolute Gasteiger partial charge is 0.0505 e. The zero-order chi connectivity index (χ0) is 12.8. The minimum Gasteiger partial charge on any atom is -0.399 e. The number of aromatic nitrogens is 1. The summed E-state index contributed by atoms with van der Waals surface area (Å²) in [7, 11) is 0. The van der Waals surface area contributed by atoms with Gasteiger partial charge < -0.3 is 5.73 Å². The number of halogens is 1. The Kier molecular flexibility index (Phi) is 4.98. The largest absolute Gasteiger partial charge is 0.399 e. The number of nitrogens with zero attached hydrogens (tertiary/aromatic N) is 1. The van der Waals surface area contributed by atoms with Gasteiger partial charge in [-0.15, -0.1) is 0 Å². The van der Waals surface area contributed by atoms with Crippen LogP contribution in [-0.2, 0) is 0 Å². The molecule has 0 radical (unpaired) electrons. The number of aryl methyl sites for hydroxylation is 1. The van der Waals surface area contributed by atoms with Crippen molar-refractivity contribution in [3.8, 4) is 11.1 Å². The van der Waals surface area contributed by atoms with Crippen molar-refractivity contribution >= 4 is 17.3 Å². The summed E-state index contributed by atoms with van der Waals surface area (Å²) >= 11 is 6.13. The maximum atomic E-state index is 6.13. The van der Waals surface area contributed by atoms with Gasteiger partial charge in [-0.1, -0.05) is 31.5 Å². The molecule has 1 heterocycles. The van der Waals surface area contributed by atoms with E-state index in [1.54, 1.807) is 12.3 Å². The van der Waals surface area contributed by atoms with Gasteiger partial charge in [0.05, 0.1) is 5.02 Å². The maximum absolute atomic E-state index is 6.13. The second-order valence-corrected chi connectivity index (χ2v) is 3.84. The molecular formula is C14H17ClN2. The van der Waals surface area contributed by atoms with E-state index in [0.29, 0.717) is 10.7 Å². The molecule has 2 N–H and O–H groups in total.